The van der Waals surface area contributed by atoms with Gasteiger partial charge in [0.15, 0.2) is 0 Å². The minimum Gasteiger partial charge on any atom is -0.481 e. The van der Waals surface area contributed by atoms with E-state index in [2.05, 4.69) is 5.32 Å². The van der Waals surface area contributed by atoms with Crippen LogP contribution in [0.3, 0.4) is 0 Å². The number of aliphatic carboxylic acids is 1. The van der Waals surface area contributed by atoms with Crippen LogP contribution in [0.2, 0.25) is 0 Å². The van der Waals surface area contributed by atoms with E-state index in [9.17, 15) is 14.4 Å². The van der Waals surface area contributed by atoms with E-state index in [-0.39, 0.29) is 31.2 Å². The van der Waals surface area contributed by atoms with Crippen molar-refractivity contribution in [3.05, 3.63) is 35.9 Å². The number of nitrogens with zero attached hydrogens (tertiary/aromatic N) is 1. The number of carboxylic acids is 1. The summed E-state index contributed by atoms with van der Waals surface area (Å²) in [5, 5.41) is 11.6. The average Bonchev–Trinajstić information content (AvgIpc) is 2.55. The number of hydrogen-bond donors (Lipinski definition) is 2. The van der Waals surface area contributed by atoms with Gasteiger partial charge in [0.2, 0.25) is 11.8 Å². The molecule has 0 spiro atoms. The first-order valence-corrected chi connectivity index (χ1v) is 8.31. The third-order valence-corrected chi connectivity index (χ3v) is 3.71. The molecule has 0 heterocycles. The highest BCUT2D eigenvalue weighted by Gasteiger charge is 2.24. The third kappa shape index (κ3) is 6.81. The van der Waals surface area contributed by atoms with E-state index in [0.29, 0.717) is 13.0 Å². The lowest BCUT2D eigenvalue weighted by Crippen LogP contribution is -2.49. The molecule has 0 radical (unpaired) electrons. The second kappa shape index (κ2) is 10.4. The quantitative estimate of drug-likeness (QED) is 0.683. The fourth-order valence-electron chi connectivity index (χ4n) is 2.45. The molecule has 6 nitrogen and oxygen atoms in total. The zero-order valence-electron chi connectivity index (χ0n) is 14.3. The maximum atomic E-state index is 12.6. The smallest absolute Gasteiger partial charge is 0.305 e. The van der Waals surface area contributed by atoms with Crippen LogP contribution in [0.4, 0.5) is 0 Å². The maximum absolute atomic E-state index is 12.6. The molecule has 0 aliphatic rings. The van der Waals surface area contributed by atoms with Gasteiger partial charge in [-0.3, -0.25) is 14.4 Å². The zero-order chi connectivity index (χ0) is 17.9. The first-order valence-electron chi connectivity index (χ1n) is 8.31. The van der Waals surface area contributed by atoms with Gasteiger partial charge in [0.25, 0.3) is 0 Å². The SMILES string of the molecule is CCCC(NC(=O)Cc1ccccc1)C(=O)N(CC)CCC(=O)O. The molecule has 1 atom stereocenters. The van der Waals surface area contributed by atoms with Crippen LogP contribution in [-0.2, 0) is 20.8 Å². The van der Waals surface area contributed by atoms with Gasteiger partial charge in [-0.15, -0.1) is 0 Å². The van der Waals surface area contributed by atoms with E-state index in [1.807, 2.05) is 37.3 Å². The summed E-state index contributed by atoms with van der Waals surface area (Å²) in [6.45, 7) is 4.31. The summed E-state index contributed by atoms with van der Waals surface area (Å²) in [6, 6.07) is 8.72. The van der Waals surface area contributed by atoms with Crippen molar-refractivity contribution in [2.24, 2.45) is 0 Å². The van der Waals surface area contributed by atoms with E-state index in [0.717, 1.165) is 12.0 Å². The van der Waals surface area contributed by atoms with Crippen LogP contribution in [0.15, 0.2) is 30.3 Å². The Morgan fingerprint density at radius 3 is 2.38 bits per heavy atom. The van der Waals surface area contributed by atoms with Gasteiger partial charge in [-0.05, 0) is 18.9 Å². The monoisotopic (exact) mass is 334 g/mol. The number of likely N-dealkylation sites (N-methyl/N-ethyl adjacent to an activating group) is 1. The zero-order valence-corrected chi connectivity index (χ0v) is 14.3. The molecule has 0 aromatic heterocycles. The molecule has 0 aliphatic carbocycles. The van der Waals surface area contributed by atoms with Crippen LogP contribution in [0.5, 0.6) is 0 Å². The predicted octanol–water partition coefficient (Wildman–Crippen LogP) is 1.84. The van der Waals surface area contributed by atoms with Crippen molar-refractivity contribution < 1.29 is 19.5 Å². The van der Waals surface area contributed by atoms with E-state index in [4.69, 9.17) is 5.11 Å². The first-order chi connectivity index (χ1) is 11.5. The molecular formula is C18H26N2O4. The molecule has 1 unspecified atom stereocenters. The summed E-state index contributed by atoms with van der Waals surface area (Å²) < 4.78 is 0. The maximum Gasteiger partial charge on any atom is 0.305 e. The number of nitrogens with one attached hydrogen (secondary N) is 1. The Balaban J connectivity index is 2.68. The van der Waals surface area contributed by atoms with E-state index >= 15 is 0 Å². The van der Waals surface area contributed by atoms with Gasteiger partial charge in [-0.1, -0.05) is 43.7 Å². The van der Waals surface area contributed by atoms with Gasteiger partial charge >= 0.3 is 5.97 Å². The topological polar surface area (TPSA) is 86.7 Å². The van der Waals surface area contributed by atoms with Crippen molar-refractivity contribution in [3.63, 3.8) is 0 Å². The highest BCUT2D eigenvalue weighted by molar-refractivity contribution is 5.88. The highest BCUT2D eigenvalue weighted by atomic mass is 16.4. The number of carbonyl (C=O) groups is 3. The average molecular weight is 334 g/mol. The Kier molecular flexibility index (Phi) is 8.54. The normalized spacial score (nSPS) is 11.6. The van der Waals surface area contributed by atoms with Crippen molar-refractivity contribution in [1.82, 2.24) is 10.2 Å². The van der Waals surface area contributed by atoms with Crippen molar-refractivity contribution in [2.75, 3.05) is 13.1 Å². The summed E-state index contributed by atoms with van der Waals surface area (Å²) >= 11 is 0. The number of carboxylic acid groups (broad SMARTS) is 1. The van der Waals surface area contributed by atoms with Gasteiger partial charge < -0.3 is 15.3 Å². The molecule has 0 aliphatic heterocycles. The van der Waals surface area contributed by atoms with Crippen LogP contribution in [0, 0.1) is 0 Å². The largest absolute Gasteiger partial charge is 0.481 e. The number of hydrogen-bond acceptors (Lipinski definition) is 3. The Hall–Kier alpha value is -2.37. The molecule has 1 aromatic carbocycles. The lowest BCUT2D eigenvalue weighted by atomic mass is 10.1. The number of carbonyl (C=O) groups excluding carboxylic acids is 2. The first kappa shape index (κ1) is 19.7. The lowest BCUT2D eigenvalue weighted by molar-refractivity contribution is -0.140. The fraction of sp³-hybridized carbons (Fsp3) is 0.500. The number of rotatable bonds is 10. The minimum atomic E-state index is -0.943. The second-order valence-corrected chi connectivity index (χ2v) is 5.63. The summed E-state index contributed by atoms with van der Waals surface area (Å²) in [6.07, 6.45) is 1.40. The summed E-state index contributed by atoms with van der Waals surface area (Å²) in [5.74, 6) is -1.37. The van der Waals surface area contributed by atoms with Gasteiger partial charge in [-0.2, -0.15) is 0 Å². The minimum absolute atomic E-state index is 0.101. The molecule has 0 saturated heterocycles. The van der Waals surface area contributed by atoms with Crippen molar-refractivity contribution in [1.29, 1.82) is 0 Å². The van der Waals surface area contributed by atoms with Crippen LogP contribution < -0.4 is 5.32 Å². The van der Waals surface area contributed by atoms with Crippen molar-refractivity contribution in [3.8, 4) is 0 Å². The second-order valence-electron chi connectivity index (χ2n) is 5.63. The highest BCUT2D eigenvalue weighted by Crippen LogP contribution is 2.06. The van der Waals surface area contributed by atoms with Crippen LogP contribution in [0.1, 0.15) is 38.7 Å². The Bertz CT molecular complexity index is 545. The summed E-state index contributed by atoms with van der Waals surface area (Å²) in [7, 11) is 0. The lowest BCUT2D eigenvalue weighted by Gasteiger charge is -2.26. The molecule has 2 N–H and O–H groups in total. The van der Waals surface area contributed by atoms with Crippen LogP contribution in [-0.4, -0.2) is 46.9 Å². The molecule has 2 amide bonds. The fourth-order valence-corrected chi connectivity index (χ4v) is 2.45. The molecule has 6 heteroatoms. The van der Waals surface area contributed by atoms with E-state index < -0.39 is 12.0 Å². The van der Waals surface area contributed by atoms with Crippen LogP contribution >= 0.6 is 0 Å². The molecule has 1 aromatic rings. The van der Waals surface area contributed by atoms with Gasteiger partial charge in [0, 0.05) is 13.1 Å². The standard InChI is InChI=1S/C18H26N2O4/c1-3-8-15(18(24)20(4-2)12-11-17(22)23)19-16(21)13-14-9-6-5-7-10-14/h5-7,9-10,15H,3-4,8,11-13H2,1-2H3,(H,19,21)(H,22,23). The number of amides is 2. The van der Waals surface area contributed by atoms with Crippen molar-refractivity contribution in [2.45, 2.75) is 45.6 Å². The van der Waals surface area contributed by atoms with Gasteiger partial charge in [-0.25, -0.2) is 0 Å². The molecule has 132 valence electrons. The molecule has 0 saturated carbocycles. The van der Waals surface area contributed by atoms with Gasteiger partial charge in [0.05, 0.1) is 12.8 Å². The number of benzene rings is 1. The Morgan fingerprint density at radius 1 is 1.17 bits per heavy atom. The molecule has 1 rings (SSSR count). The Labute approximate surface area is 142 Å². The molecule has 0 fully saturated rings. The summed E-state index contributed by atoms with van der Waals surface area (Å²) in [5.41, 5.74) is 0.885. The van der Waals surface area contributed by atoms with Crippen molar-refractivity contribution >= 4 is 17.8 Å². The van der Waals surface area contributed by atoms with E-state index in [1.54, 1.807) is 6.92 Å². The molecule has 24 heavy (non-hydrogen) atoms. The Morgan fingerprint density at radius 2 is 1.83 bits per heavy atom. The van der Waals surface area contributed by atoms with Gasteiger partial charge in [0.1, 0.15) is 6.04 Å². The molecule has 0 bridgehead atoms. The predicted molar refractivity (Wildman–Crippen MR) is 91.5 cm³/mol. The van der Waals surface area contributed by atoms with E-state index in [1.165, 1.54) is 4.90 Å². The molecular weight excluding hydrogens is 308 g/mol. The van der Waals surface area contributed by atoms with Crippen LogP contribution in [0.25, 0.3) is 0 Å². The summed E-state index contributed by atoms with van der Waals surface area (Å²) in [4.78, 5) is 37.0. The third-order valence-electron chi connectivity index (χ3n) is 3.71.